The van der Waals surface area contributed by atoms with Gasteiger partial charge in [0.05, 0.1) is 11.0 Å². The van der Waals surface area contributed by atoms with Crippen LogP contribution in [-0.2, 0) is 5.41 Å². The van der Waals surface area contributed by atoms with Gasteiger partial charge in [-0.05, 0) is 334 Å². The summed E-state index contributed by atoms with van der Waals surface area (Å²) in [5, 5.41) is 2.72. The molecule has 16 aromatic rings. The van der Waals surface area contributed by atoms with Crippen LogP contribution in [0.25, 0.3) is 27.5 Å². The Hall–Kier alpha value is -13.1. The van der Waals surface area contributed by atoms with Crippen molar-refractivity contribution in [1.29, 1.82) is 0 Å². The standard InChI is InChI=1S/C21H19N.2C19H25N.C18H23N.C17H21N.C16H19N.C15H17N/c1-15(2)17-12-8-14-20-21(17)18-11-6-7-13-19(18)22(20)16-9-4-3-5-10-16;1-13(2)20(18-9-7-14(3)11-16(18)5)19-10-8-15(4)12-17(19)6;1-15(2)20(17-9-7-6-8-10-17)18-13-11-16(12-14-18)19(3,4)5;1-14(2)16-10-12-18(13-11-16)19(15(3)4)17-8-6-5-7-9-17;1-13(2)18(16-9-5-14(3)6-10-16)17-11-7-15(4)8-12-17;1-13(2)17(15-7-5-4-6-8-15)16-11-9-14(3)10-12-16;1-13(2)16(14-9-5-3-6-10-14)15-11-7-4-8-12-15/h3-15H,1-2H3;7-13H,1-6H3;6-15H,1-5H3;5-15H,1-4H3;5-13H,1-4H3;4-13H,1-3H3;3-13H,1-2H3. The summed E-state index contributed by atoms with van der Waals surface area (Å²) >= 11 is 0. The molecule has 0 saturated heterocycles. The van der Waals surface area contributed by atoms with Gasteiger partial charge in [0.15, 0.2) is 0 Å². The maximum absolute atomic E-state index is 2.43. The first kappa shape index (κ1) is 101. The summed E-state index contributed by atoms with van der Waals surface area (Å²) in [5.74, 6) is 1.09. The molecule has 0 amide bonds. The van der Waals surface area contributed by atoms with Crippen LogP contribution in [0.5, 0.6) is 0 Å². The molecule has 0 atom stereocenters. The van der Waals surface area contributed by atoms with Crippen molar-refractivity contribution < 1.29 is 0 Å². The zero-order chi connectivity index (χ0) is 95.3. The van der Waals surface area contributed by atoms with Crippen molar-refractivity contribution in [2.24, 2.45) is 0 Å². The quantitative estimate of drug-likeness (QED) is 0.0711. The van der Waals surface area contributed by atoms with E-state index in [1.807, 2.05) is 12.1 Å². The second kappa shape index (κ2) is 48.7. The van der Waals surface area contributed by atoms with Gasteiger partial charge in [0.2, 0.25) is 0 Å². The second-order valence-electron chi connectivity index (χ2n) is 38.2. The highest BCUT2D eigenvalue weighted by molar-refractivity contribution is 6.11. The van der Waals surface area contributed by atoms with Gasteiger partial charge in [-0.1, -0.05) is 301 Å². The van der Waals surface area contributed by atoms with Crippen LogP contribution in [0.15, 0.2) is 382 Å². The first-order valence-corrected chi connectivity index (χ1v) is 47.8. The summed E-state index contributed by atoms with van der Waals surface area (Å²) in [6.45, 7) is 57.5. The Labute approximate surface area is 795 Å². The Morgan fingerprint density at radius 2 is 0.477 bits per heavy atom. The van der Waals surface area contributed by atoms with Crippen molar-refractivity contribution in [2.75, 3.05) is 29.4 Å². The largest absolute Gasteiger partial charge is 0.339 e. The van der Waals surface area contributed by atoms with Crippen LogP contribution < -0.4 is 29.4 Å². The molecule has 0 fully saturated rings. The Kier molecular flexibility index (Phi) is 37.3. The molecule has 0 bridgehead atoms. The lowest BCUT2D eigenvalue weighted by atomic mass is 9.87. The third-order valence-corrected chi connectivity index (χ3v) is 23.6. The summed E-state index contributed by atoms with van der Waals surface area (Å²) in [7, 11) is 0. The van der Waals surface area contributed by atoms with Crippen LogP contribution in [-0.4, -0.2) is 40.8 Å². The topological polar surface area (TPSA) is 24.4 Å². The van der Waals surface area contributed by atoms with Crippen LogP contribution in [0, 0.1) is 48.5 Å². The van der Waals surface area contributed by atoms with E-state index in [1.165, 1.54) is 151 Å². The number of rotatable bonds is 21. The van der Waals surface area contributed by atoms with Gasteiger partial charge in [-0.3, -0.25) is 0 Å². The fourth-order valence-corrected chi connectivity index (χ4v) is 17.1. The van der Waals surface area contributed by atoms with Crippen LogP contribution in [0.3, 0.4) is 0 Å². The highest BCUT2D eigenvalue weighted by Gasteiger charge is 2.23. The van der Waals surface area contributed by atoms with Gasteiger partial charge >= 0.3 is 0 Å². The van der Waals surface area contributed by atoms with E-state index in [1.54, 1.807) is 0 Å². The highest BCUT2D eigenvalue weighted by atomic mass is 15.2. The lowest BCUT2D eigenvalue weighted by Gasteiger charge is -2.32. The average Bonchev–Trinajstić information content (AvgIpc) is 1.58. The molecule has 0 saturated carbocycles. The van der Waals surface area contributed by atoms with E-state index in [0.29, 0.717) is 48.1 Å². The predicted molar refractivity (Wildman–Crippen MR) is 582 cm³/mol. The lowest BCUT2D eigenvalue weighted by molar-refractivity contribution is 0.590. The van der Waals surface area contributed by atoms with Gasteiger partial charge < -0.3 is 34.0 Å². The molecule has 16 rings (SSSR count). The molecule has 0 aliphatic heterocycles. The molecule has 0 spiro atoms. The van der Waals surface area contributed by atoms with Crippen LogP contribution in [0.2, 0.25) is 0 Å². The van der Waals surface area contributed by atoms with Crippen LogP contribution in [0.1, 0.15) is 199 Å². The number of fused-ring (bicyclic) bond motifs is 3. The predicted octanol–water partition coefficient (Wildman–Crippen LogP) is 35.9. The SMILES string of the molecule is CC(C)N(c1ccccc1)c1ccc(C(C)(C)C)cc1.CC(C)N(c1ccccc1)c1ccccc1.CC(C)c1ccc(N(c2ccccc2)C(C)C)cc1.CC(C)c1cccc2c1c1ccccc1n2-c1ccccc1.Cc1ccc(N(c2ccc(C)cc2)C(C)C)cc1.Cc1ccc(N(c2ccc(C)cc2C)C(C)C)c(C)c1.Cc1ccc(N(c2ccccc2)C(C)C)cc1. The first-order valence-electron chi connectivity index (χ1n) is 47.8. The van der Waals surface area contributed by atoms with Gasteiger partial charge in [0.1, 0.15) is 0 Å². The van der Waals surface area contributed by atoms with Crippen molar-refractivity contribution in [3.63, 3.8) is 0 Å². The summed E-state index contributed by atoms with van der Waals surface area (Å²) < 4.78 is 2.37. The van der Waals surface area contributed by atoms with Gasteiger partial charge in [-0.25, -0.2) is 0 Å². The number of hydrogen-bond donors (Lipinski definition) is 0. The maximum Gasteiger partial charge on any atom is 0.0543 e. The molecule has 7 heteroatoms. The molecule has 0 aliphatic carbocycles. The van der Waals surface area contributed by atoms with E-state index in [2.05, 4.69) is 584 Å². The zero-order valence-corrected chi connectivity index (χ0v) is 84.1. The minimum Gasteiger partial charge on any atom is -0.339 e. The van der Waals surface area contributed by atoms with Gasteiger partial charge in [-0.15, -0.1) is 0 Å². The van der Waals surface area contributed by atoms with Gasteiger partial charge in [0, 0.05) is 121 Å². The number of hydrogen-bond acceptors (Lipinski definition) is 6. The molecule has 0 N–H and O–H groups in total. The number of benzene rings is 15. The van der Waals surface area contributed by atoms with Crippen molar-refractivity contribution >= 4 is 90.1 Å². The molecule has 0 radical (unpaired) electrons. The molecule has 7 nitrogen and oxygen atoms in total. The van der Waals surface area contributed by atoms with Gasteiger partial charge in [-0.2, -0.15) is 0 Å². The van der Waals surface area contributed by atoms with Crippen molar-refractivity contribution in [1.82, 2.24) is 4.57 Å². The molecular formula is C125H149N7. The van der Waals surface area contributed by atoms with E-state index < -0.39 is 0 Å². The number of para-hydroxylation sites is 7. The lowest BCUT2D eigenvalue weighted by Crippen LogP contribution is -2.26. The van der Waals surface area contributed by atoms with Crippen molar-refractivity contribution in [3.05, 3.63) is 438 Å². The highest BCUT2D eigenvalue weighted by Crippen LogP contribution is 2.40. The minimum absolute atomic E-state index is 0.202. The Morgan fingerprint density at radius 1 is 0.220 bits per heavy atom. The van der Waals surface area contributed by atoms with Crippen LogP contribution >= 0.6 is 0 Å². The van der Waals surface area contributed by atoms with E-state index in [-0.39, 0.29) is 5.41 Å². The van der Waals surface area contributed by atoms with E-state index in [4.69, 9.17) is 0 Å². The number of nitrogens with zero attached hydrogens (tertiary/aromatic N) is 7. The molecular weight excluding hydrogens is 1600 g/mol. The Bertz CT molecular complexity index is 5920. The van der Waals surface area contributed by atoms with E-state index >= 15 is 0 Å². The Morgan fingerprint density at radius 3 is 0.758 bits per heavy atom. The zero-order valence-electron chi connectivity index (χ0n) is 84.1. The summed E-state index contributed by atoms with van der Waals surface area (Å²) in [6.07, 6.45) is 0. The number of aryl methyl sites for hydroxylation is 7. The minimum atomic E-state index is 0.202. The summed E-state index contributed by atoms with van der Waals surface area (Å²) in [4.78, 5) is 14.2. The van der Waals surface area contributed by atoms with Crippen LogP contribution in [0.4, 0.5) is 68.2 Å². The third-order valence-electron chi connectivity index (χ3n) is 23.6. The third kappa shape index (κ3) is 27.7. The Balaban J connectivity index is 0.000000160. The normalized spacial score (nSPS) is 11.0. The molecule has 1 heterocycles. The fraction of sp³-hybridized carbons (Fsp3) is 0.280. The summed E-state index contributed by atoms with van der Waals surface area (Å²) in [5.41, 5.74) is 32.4. The smallest absolute Gasteiger partial charge is 0.0543 e. The number of anilines is 12. The fourth-order valence-electron chi connectivity index (χ4n) is 17.1. The molecule has 132 heavy (non-hydrogen) atoms. The first-order chi connectivity index (χ1) is 63.2. The molecule has 15 aromatic carbocycles. The van der Waals surface area contributed by atoms with E-state index in [0.717, 1.165) is 0 Å². The second-order valence-corrected chi connectivity index (χ2v) is 38.2. The number of aromatic nitrogens is 1. The monoisotopic (exact) mass is 1750 g/mol. The summed E-state index contributed by atoms with van der Waals surface area (Å²) in [6, 6.07) is 139. The molecule has 684 valence electrons. The van der Waals surface area contributed by atoms with Gasteiger partial charge in [0.25, 0.3) is 0 Å². The average molecular weight is 1750 g/mol. The maximum atomic E-state index is 2.43. The molecule has 0 unspecified atom stereocenters. The van der Waals surface area contributed by atoms with Crippen molar-refractivity contribution in [3.8, 4) is 5.69 Å². The van der Waals surface area contributed by atoms with E-state index in [9.17, 15) is 0 Å². The molecule has 1 aromatic heterocycles. The molecule has 0 aliphatic rings. The van der Waals surface area contributed by atoms with Crippen molar-refractivity contribution in [2.45, 2.75) is 234 Å².